The predicted molar refractivity (Wildman–Crippen MR) is 85.1 cm³/mol. The molecule has 1 aromatic carbocycles. The van der Waals surface area contributed by atoms with E-state index in [1.165, 1.54) is 27.8 Å². The lowest BCUT2D eigenvalue weighted by molar-refractivity contribution is 0.621. The average Bonchev–Trinajstić information content (AvgIpc) is 2.45. The van der Waals surface area contributed by atoms with Crippen molar-refractivity contribution in [1.82, 2.24) is 10.3 Å². The van der Waals surface area contributed by atoms with Crippen LogP contribution in [0.25, 0.3) is 0 Å². The molecule has 0 fully saturated rings. The minimum Gasteiger partial charge on any atom is -0.307 e. The van der Waals surface area contributed by atoms with E-state index < -0.39 is 0 Å². The maximum Gasteiger partial charge on any atom is 0.0583 e. The molecule has 2 heteroatoms. The highest BCUT2D eigenvalue weighted by atomic mass is 14.9. The first kappa shape index (κ1) is 14.7. The van der Waals surface area contributed by atoms with Gasteiger partial charge >= 0.3 is 0 Å². The number of pyridine rings is 1. The van der Waals surface area contributed by atoms with Gasteiger partial charge in [-0.25, -0.2) is 0 Å². The lowest BCUT2D eigenvalue weighted by atomic mass is 9.91. The molecule has 2 rings (SSSR count). The van der Waals surface area contributed by atoms with Crippen LogP contribution in [-0.4, -0.2) is 11.5 Å². The molecule has 1 unspecified atom stereocenters. The summed E-state index contributed by atoms with van der Waals surface area (Å²) in [4.78, 5) is 4.26. The van der Waals surface area contributed by atoms with Gasteiger partial charge in [-0.1, -0.05) is 37.6 Å². The maximum absolute atomic E-state index is 4.26. The highest BCUT2D eigenvalue weighted by Gasteiger charge is 2.17. The van der Waals surface area contributed by atoms with Gasteiger partial charge in [0.05, 0.1) is 6.04 Å². The second-order valence-corrected chi connectivity index (χ2v) is 5.28. The van der Waals surface area contributed by atoms with Crippen LogP contribution >= 0.6 is 0 Å². The lowest BCUT2D eigenvalue weighted by Gasteiger charge is -2.23. The number of benzene rings is 1. The summed E-state index contributed by atoms with van der Waals surface area (Å²) in [7, 11) is 0. The van der Waals surface area contributed by atoms with Gasteiger partial charge in [0.25, 0.3) is 0 Å². The Balaban J connectivity index is 2.50. The first-order valence-electron chi connectivity index (χ1n) is 7.40. The number of hydrogen-bond acceptors (Lipinski definition) is 2. The van der Waals surface area contributed by atoms with Crippen LogP contribution in [0.5, 0.6) is 0 Å². The molecule has 0 bridgehead atoms. The van der Waals surface area contributed by atoms with Crippen molar-refractivity contribution in [3.05, 3.63) is 64.5 Å². The van der Waals surface area contributed by atoms with E-state index >= 15 is 0 Å². The van der Waals surface area contributed by atoms with Gasteiger partial charge in [0, 0.05) is 12.4 Å². The third-order valence-electron chi connectivity index (χ3n) is 3.78. The van der Waals surface area contributed by atoms with Gasteiger partial charge in [-0.05, 0) is 55.1 Å². The van der Waals surface area contributed by atoms with Crippen molar-refractivity contribution in [2.75, 3.05) is 6.54 Å². The van der Waals surface area contributed by atoms with Crippen LogP contribution in [0.4, 0.5) is 0 Å². The number of rotatable bonds is 5. The Labute approximate surface area is 122 Å². The topological polar surface area (TPSA) is 24.9 Å². The van der Waals surface area contributed by atoms with Crippen LogP contribution < -0.4 is 5.32 Å². The van der Waals surface area contributed by atoms with E-state index in [-0.39, 0.29) is 6.04 Å². The minimum atomic E-state index is 0.249. The van der Waals surface area contributed by atoms with Gasteiger partial charge in [0.2, 0.25) is 0 Å². The Morgan fingerprint density at radius 3 is 2.55 bits per heavy atom. The lowest BCUT2D eigenvalue weighted by Crippen LogP contribution is -2.24. The summed E-state index contributed by atoms with van der Waals surface area (Å²) in [5.74, 6) is 0. The number of hydrogen-bond donors (Lipinski definition) is 1. The molecular weight excluding hydrogens is 244 g/mol. The van der Waals surface area contributed by atoms with Gasteiger partial charge in [0.1, 0.15) is 0 Å². The first-order chi connectivity index (χ1) is 9.67. The Morgan fingerprint density at radius 1 is 1.10 bits per heavy atom. The van der Waals surface area contributed by atoms with Crippen molar-refractivity contribution in [1.29, 1.82) is 0 Å². The van der Waals surface area contributed by atoms with Crippen LogP contribution in [0.1, 0.15) is 47.7 Å². The molecule has 0 amide bonds. The van der Waals surface area contributed by atoms with Crippen LogP contribution in [0.3, 0.4) is 0 Å². The number of nitrogens with one attached hydrogen (secondary N) is 1. The highest BCUT2D eigenvalue weighted by Crippen LogP contribution is 2.27. The summed E-state index contributed by atoms with van der Waals surface area (Å²) in [6, 6.07) is 9.09. The molecule has 1 aromatic heterocycles. The Kier molecular flexibility index (Phi) is 4.91. The Hall–Kier alpha value is -1.67. The first-order valence-corrected chi connectivity index (χ1v) is 7.40. The fourth-order valence-corrected chi connectivity index (χ4v) is 2.76. The zero-order valence-electron chi connectivity index (χ0n) is 12.9. The maximum atomic E-state index is 4.26. The Morgan fingerprint density at radius 2 is 1.90 bits per heavy atom. The molecule has 0 spiro atoms. The van der Waals surface area contributed by atoms with Gasteiger partial charge in [-0.15, -0.1) is 0 Å². The molecular formula is C18H24N2. The molecule has 1 heterocycles. The quantitative estimate of drug-likeness (QED) is 0.888. The molecule has 20 heavy (non-hydrogen) atoms. The average molecular weight is 268 g/mol. The second-order valence-electron chi connectivity index (χ2n) is 5.28. The van der Waals surface area contributed by atoms with Gasteiger partial charge in [-0.2, -0.15) is 0 Å². The summed E-state index contributed by atoms with van der Waals surface area (Å²) in [6.07, 6.45) is 4.89. The summed E-state index contributed by atoms with van der Waals surface area (Å²) in [5, 5.41) is 3.62. The predicted octanol–water partition coefficient (Wildman–Crippen LogP) is 3.96. The number of aromatic nitrogens is 1. The summed E-state index contributed by atoms with van der Waals surface area (Å²) in [6.45, 7) is 9.63. The SMILES string of the molecule is CCNC(c1ccc(C)cc1C)c1ccncc1CC. The summed E-state index contributed by atoms with van der Waals surface area (Å²) >= 11 is 0. The van der Waals surface area contributed by atoms with E-state index in [4.69, 9.17) is 0 Å². The molecule has 106 valence electrons. The van der Waals surface area contributed by atoms with Crippen molar-refractivity contribution >= 4 is 0 Å². The molecule has 0 saturated heterocycles. The fraction of sp³-hybridized carbons (Fsp3) is 0.389. The molecule has 0 saturated carbocycles. The van der Waals surface area contributed by atoms with E-state index in [0.29, 0.717) is 0 Å². The smallest absolute Gasteiger partial charge is 0.0583 e. The third kappa shape index (κ3) is 3.07. The van der Waals surface area contributed by atoms with E-state index in [9.17, 15) is 0 Å². The molecule has 0 aliphatic heterocycles. The van der Waals surface area contributed by atoms with Crippen LogP contribution in [0.15, 0.2) is 36.7 Å². The summed E-state index contributed by atoms with van der Waals surface area (Å²) < 4.78 is 0. The third-order valence-corrected chi connectivity index (χ3v) is 3.78. The minimum absolute atomic E-state index is 0.249. The van der Waals surface area contributed by atoms with E-state index in [1.807, 2.05) is 12.4 Å². The van der Waals surface area contributed by atoms with Crippen LogP contribution in [0.2, 0.25) is 0 Å². The van der Waals surface area contributed by atoms with Crippen molar-refractivity contribution in [2.24, 2.45) is 0 Å². The second kappa shape index (κ2) is 6.67. The van der Waals surface area contributed by atoms with Gasteiger partial charge < -0.3 is 5.32 Å². The van der Waals surface area contributed by atoms with Crippen molar-refractivity contribution < 1.29 is 0 Å². The fourth-order valence-electron chi connectivity index (χ4n) is 2.76. The monoisotopic (exact) mass is 268 g/mol. The van der Waals surface area contributed by atoms with Crippen LogP contribution in [-0.2, 0) is 6.42 Å². The van der Waals surface area contributed by atoms with Crippen molar-refractivity contribution in [2.45, 2.75) is 40.2 Å². The largest absolute Gasteiger partial charge is 0.307 e. The molecule has 0 radical (unpaired) electrons. The number of nitrogens with zero attached hydrogens (tertiary/aromatic N) is 1. The summed E-state index contributed by atoms with van der Waals surface area (Å²) in [5.41, 5.74) is 6.68. The van der Waals surface area contributed by atoms with Gasteiger partial charge in [0.15, 0.2) is 0 Å². The van der Waals surface area contributed by atoms with E-state index in [1.54, 1.807) is 0 Å². The van der Waals surface area contributed by atoms with Crippen LogP contribution in [0, 0.1) is 13.8 Å². The van der Waals surface area contributed by atoms with Crippen molar-refractivity contribution in [3.8, 4) is 0 Å². The van der Waals surface area contributed by atoms with Gasteiger partial charge in [-0.3, -0.25) is 4.98 Å². The highest BCUT2D eigenvalue weighted by molar-refractivity contribution is 5.41. The van der Waals surface area contributed by atoms with Crippen molar-refractivity contribution in [3.63, 3.8) is 0 Å². The zero-order chi connectivity index (χ0) is 14.5. The standard InChI is InChI=1S/C18H24N2/c1-5-15-12-19-10-9-17(15)18(20-6-2)16-8-7-13(3)11-14(16)4/h7-12,18,20H,5-6H2,1-4H3. The molecule has 2 nitrogen and oxygen atoms in total. The molecule has 1 N–H and O–H groups in total. The molecule has 1 atom stereocenters. The Bertz CT molecular complexity index is 575. The normalized spacial score (nSPS) is 12.4. The molecule has 0 aliphatic rings. The molecule has 2 aromatic rings. The van der Waals surface area contributed by atoms with E-state index in [2.05, 4.69) is 62.3 Å². The van der Waals surface area contributed by atoms with E-state index in [0.717, 1.165) is 13.0 Å². The zero-order valence-corrected chi connectivity index (χ0v) is 12.9. The number of aryl methyl sites for hydroxylation is 3. The molecule has 0 aliphatic carbocycles.